The number of aromatic nitrogens is 3. The molecule has 0 aliphatic carbocycles. The van der Waals surface area contributed by atoms with Crippen molar-refractivity contribution in [2.24, 2.45) is 0 Å². The molecule has 4 heterocycles. The highest BCUT2D eigenvalue weighted by atomic mass is 16.5. The van der Waals surface area contributed by atoms with Gasteiger partial charge in [0.15, 0.2) is 0 Å². The summed E-state index contributed by atoms with van der Waals surface area (Å²) in [6, 6.07) is 7.70. The number of hydrogen-bond donors (Lipinski definition) is 1. The van der Waals surface area contributed by atoms with Crippen LogP contribution in [0.5, 0.6) is 0 Å². The van der Waals surface area contributed by atoms with Crippen molar-refractivity contribution in [3.05, 3.63) is 41.9 Å². The van der Waals surface area contributed by atoms with E-state index in [1.165, 1.54) is 12.8 Å². The number of pyridine rings is 1. The molecule has 0 radical (unpaired) electrons. The monoisotopic (exact) mass is 340 g/mol. The second kappa shape index (κ2) is 7.33. The molecule has 2 aromatic rings. The Labute approximate surface area is 147 Å². The standard InChI is InChI=1S/C18H24N6O/c19-17-5-3-4-15(22-17)16-13-23(10-11-25-16)12-14-6-7-20-18(21-14)24-8-1-2-9-24/h3-7,16H,1-2,8-13H2,(H2,19,22). The molecular formula is C18H24N6O. The molecule has 25 heavy (non-hydrogen) atoms. The highest BCUT2D eigenvalue weighted by Gasteiger charge is 2.24. The van der Waals surface area contributed by atoms with E-state index in [0.717, 1.165) is 50.1 Å². The Hall–Kier alpha value is -2.25. The smallest absolute Gasteiger partial charge is 0.225 e. The fraction of sp³-hybridized carbons (Fsp3) is 0.500. The minimum Gasteiger partial charge on any atom is -0.384 e. The van der Waals surface area contributed by atoms with E-state index in [-0.39, 0.29) is 6.10 Å². The molecule has 7 nitrogen and oxygen atoms in total. The molecule has 2 aromatic heterocycles. The summed E-state index contributed by atoms with van der Waals surface area (Å²) in [4.78, 5) is 18.2. The highest BCUT2D eigenvalue weighted by Crippen LogP contribution is 2.23. The van der Waals surface area contributed by atoms with Gasteiger partial charge in [-0.1, -0.05) is 6.07 Å². The Bertz CT molecular complexity index is 718. The summed E-state index contributed by atoms with van der Waals surface area (Å²) >= 11 is 0. The maximum Gasteiger partial charge on any atom is 0.225 e. The number of rotatable bonds is 4. The van der Waals surface area contributed by atoms with E-state index in [1.54, 1.807) is 6.07 Å². The van der Waals surface area contributed by atoms with Crippen molar-refractivity contribution in [3.8, 4) is 0 Å². The first kappa shape index (κ1) is 16.2. The average molecular weight is 340 g/mol. The Kier molecular flexibility index (Phi) is 4.76. The van der Waals surface area contributed by atoms with E-state index in [2.05, 4.69) is 19.8 Å². The van der Waals surface area contributed by atoms with Gasteiger partial charge in [-0.25, -0.2) is 15.0 Å². The van der Waals surface area contributed by atoms with Crippen LogP contribution < -0.4 is 10.6 Å². The predicted molar refractivity (Wildman–Crippen MR) is 96.1 cm³/mol. The normalized spacial score (nSPS) is 21.6. The van der Waals surface area contributed by atoms with E-state index in [9.17, 15) is 0 Å². The van der Waals surface area contributed by atoms with Crippen LogP contribution in [0.3, 0.4) is 0 Å². The molecule has 1 atom stereocenters. The number of nitrogens with two attached hydrogens (primary N) is 1. The van der Waals surface area contributed by atoms with Gasteiger partial charge in [0, 0.05) is 38.9 Å². The Morgan fingerprint density at radius 2 is 2.00 bits per heavy atom. The fourth-order valence-electron chi connectivity index (χ4n) is 3.44. The molecule has 0 bridgehead atoms. The molecule has 2 aliphatic heterocycles. The van der Waals surface area contributed by atoms with Crippen LogP contribution in [-0.4, -0.2) is 52.6 Å². The Morgan fingerprint density at radius 1 is 1.12 bits per heavy atom. The first-order valence-corrected chi connectivity index (χ1v) is 8.91. The molecule has 0 amide bonds. The first-order valence-electron chi connectivity index (χ1n) is 8.91. The zero-order valence-corrected chi connectivity index (χ0v) is 14.3. The molecular weight excluding hydrogens is 316 g/mol. The summed E-state index contributed by atoms with van der Waals surface area (Å²) in [5.74, 6) is 1.39. The fourth-order valence-corrected chi connectivity index (χ4v) is 3.44. The molecule has 4 rings (SSSR count). The molecule has 0 aromatic carbocycles. The van der Waals surface area contributed by atoms with Gasteiger partial charge in [0.1, 0.15) is 11.9 Å². The molecule has 132 valence electrons. The summed E-state index contributed by atoms with van der Waals surface area (Å²) in [6.07, 6.45) is 4.28. The average Bonchev–Trinajstić information content (AvgIpc) is 3.17. The van der Waals surface area contributed by atoms with Gasteiger partial charge in [-0.05, 0) is 31.0 Å². The van der Waals surface area contributed by atoms with Gasteiger partial charge in [-0.2, -0.15) is 0 Å². The zero-order valence-electron chi connectivity index (χ0n) is 14.3. The van der Waals surface area contributed by atoms with Crippen LogP contribution in [0.1, 0.15) is 30.3 Å². The third-order valence-electron chi connectivity index (χ3n) is 4.75. The molecule has 2 saturated heterocycles. The van der Waals surface area contributed by atoms with Gasteiger partial charge in [0.2, 0.25) is 5.95 Å². The van der Waals surface area contributed by atoms with Crippen LogP contribution in [0.15, 0.2) is 30.5 Å². The van der Waals surface area contributed by atoms with E-state index in [4.69, 9.17) is 15.5 Å². The minimum atomic E-state index is -0.0443. The molecule has 0 saturated carbocycles. The molecule has 2 fully saturated rings. The van der Waals surface area contributed by atoms with Gasteiger partial charge < -0.3 is 15.4 Å². The Morgan fingerprint density at radius 3 is 2.84 bits per heavy atom. The second-order valence-electron chi connectivity index (χ2n) is 6.62. The van der Waals surface area contributed by atoms with E-state index < -0.39 is 0 Å². The SMILES string of the molecule is Nc1cccc(C2CN(Cc3ccnc(N4CCCC4)n3)CCO2)n1. The highest BCUT2D eigenvalue weighted by molar-refractivity contribution is 5.31. The number of anilines is 2. The summed E-state index contributed by atoms with van der Waals surface area (Å²) in [6.45, 7) is 5.28. The molecule has 1 unspecified atom stereocenters. The van der Waals surface area contributed by atoms with Gasteiger partial charge in [-0.3, -0.25) is 4.90 Å². The quantitative estimate of drug-likeness (QED) is 0.906. The molecule has 2 N–H and O–H groups in total. The van der Waals surface area contributed by atoms with Crippen LogP contribution in [0.2, 0.25) is 0 Å². The van der Waals surface area contributed by atoms with Gasteiger partial charge >= 0.3 is 0 Å². The van der Waals surface area contributed by atoms with Crippen LogP contribution >= 0.6 is 0 Å². The summed E-state index contributed by atoms with van der Waals surface area (Å²) < 4.78 is 5.89. The van der Waals surface area contributed by atoms with Crippen LogP contribution in [0.25, 0.3) is 0 Å². The van der Waals surface area contributed by atoms with Gasteiger partial charge in [0.25, 0.3) is 0 Å². The third-order valence-corrected chi connectivity index (χ3v) is 4.75. The Balaban J connectivity index is 1.43. The summed E-state index contributed by atoms with van der Waals surface area (Å²) in [5.41, 5.74) is 7.75. The predicted octanol–water partition coefficient (Wildman–Crippen LogP) is 1.63. The van der Waals surface area contributed by atoms with Crippen molar-refractivity contribution in [3.63, 3.8) is 0 Å². The largest absolute Gasteiger partial charge is 0.384 e. The molecule has 2 aliphatic rings. The lowest BCUT2D eigenvalue weighted by Gasteiger charge is -2.32. The van der Waals surface area contributed by atoms with Gasteiger partial charge in [-0.15, -0.1) is 0 Å². The van der Waals surface area contributed by atoms with Crippen molar-refractivity contribution >= 4 is 11.8 Å². The third kappa shape index (κ3) is 3.88. The minimum absolute atomic E-state index is 0.0443. The summed E-state index contributed by atoms with van der Waals surface area (Å²) in [7, 11) is 0. The lowest BCUT2D eigenvalue weighted by atomic mass is 10.2. The lowest BCUT2D eigenvalue weighted by molar-refractivity contribution is -0.0352. The number of ether oxygens (including phenoxy) is 1. The van der Waals surface area contributed by atoms with E-state index in [1.807, 2.05) is 24.4 Å². The van der Waals surface area contributed by atoms with Crippen molar-refractivity contribution in [2.45, 2.75) is 25.5 Å². The maximum absolute atomic E-state index is 5.89. The van der Waals surface area contributed by atoms with Crippen molar-refractivity contribution in [1.82, 2.24) is 19.9 Å². The number of hydrogen-bond acceptors (Lipinski definition) is 7. The zero-order chi connectivity index (χ0) is 17.1. The van der Waals surface area contributed by atoms with Crippen molar-refractivity contribution in [1.29, 1.82) is 0 Å². The molecule has 7 heteroatoms. The second-order valence-corrected chi connectivity index (χ2v) is 6.62. The van der Waals surface area contributed by atoms with Gasteiger partial charge in [0.05, 0.1) is 18.0 Å². The number of morpholine rings is 1. The first-order chi connectivity index (χ1) is 12.3. The van der Waals surface area contributed by atoms with Crippen molar-refractivity contribution in [2.75, 3.05) is 43.4 Å². The number of nitrogen functional groups attached to an aromatic ring is 1. The lowest BCUT2D eigenvalue weighted by Crippen LogP contribution is -2.38. The topological polar surface area (TPSA) is 80.4 Å². The van der Waals surface area contributed by atoms with Crippen LogP contribution in [-0.2, 0) is 11.3 Å². The number of nitrogens with zero attached hydrogens (tertiary/aromatic N) is 5. The molecule has 0 spiro atoms. The maximum atomic E-state index is 5.89. The van der Waals surface area contributed by atoms with E-state index >= 15 is 0 Å². The van der Waals surface area contributed by atoms with Crippen molar-refractivity contribution < 1.29 is 4.74 Å². The van der Waals surface area contributed by atoms with Crippen LogP contribution in [0.4, 0.5) is 11.8 Å². The van der Waals surface area contributed by atoms with E-state index in [0.29, 0.717) is 12.4 Å². The summed E-state index contributed by atoms with van der Waals surface area (Å²) in [5, 5.41) is 0. The van der Waals surface area contributed by atoms with Crippen LogP contribution in [0, 0.1) is 0 Å².